The van der Waals surface area contributed by atoms with Crippen molar-refractivity contribution in [3.05, 3.63) is 102 Å². The molecule has 1 aliphatic heterocycles. The van der Waals surface area contributed by atoms with Gasteiger partial charge in [-0.05, 0) is 43.0 Å². The van der Waals surface area contributed by atoms with Crippen molar-refractivity contribution in [2.24, 2.45) is 5.10 Å². The summed E-state index contributed by atoms with van der Waals surface area (Å²) in [6.07, 6.45) is 2.72. The molecule has 0 aliphatic carbocycles. The van der Waals surface area contributed by atoms with E-state index in [2.05, 4.69) is 19.1 Å². The first-order valence-corrected chi connectivity index (χ1v) is 11.8. The van der Waals surface area contributed by atoms with Gasteiger partial charge in [-0.3, -0.25) is 4.79 Å². The lowest BCUT2D eigenvalue weighted by Crippen LogP contribution is -2.47. The monoisotopic (exact) mass is 456 g/mol. The number of carbonyl (C=O) groups is 1. The third-order valence-electron chi connectivity index (χ3n) is 6.14. The van der Waals surface area contributed by atoms with E-state index in [1.165, 1.54) is 5.56 Å². The third-order valence-corrected chi connectivity index (χ3v) is 6.14. The van der Waals surface area contributed by atoms with Crippen molar-refractivity contribution >= 4 is 11.6 Å². The Bertz CT molecular complexity index is 1110. The van der Waals surface area contributed by atoms with Gasteiger partial charge >= 0.3 is 0 Å². The molecule has 0 fully saturated rings. The van der Waals surface area contributed by atoms with Gasteiger partial charge in [-0.2, -0.15) is 5.10 Å². The molecule has 0 bridgehead atoms. The lowest BCUT2D eigenvalue weighted by atomic mass is 9.93. The molecule has 0 saturated heterocycles. The first-order valence-electron chi connectivity index (χ1n) is 11.8. The fourth-order valence-electron chi connectivity index (χ4n) is 4.30. The predicted octanol–water partition coefficient (Wildman–Crippen LogP) is 5.63. The standard InChI is InChI=1S/C29H32N2O3/c1-29(22-34-21-24-13-7-4-8-14-24)20-27(25-16-10-17-26(19-25)33-2)30-31(29)28(32)18-9-15-23-11-5-3-6-12-23/h3-8,10-14,16-17,19H,9,15,18,20-22H2,1-2H3. The summed E-state index contributed by atoms with van der Waals surface area (Å²) in [6.45, 7) is 2.97. The summed E-state index contributed by atoms with van der Waals surface area (Å²) in [4.78, 5) is 13.3. The summed E-state index contributed by atoms with van der Waals surface area (Å²) in [5.41, 5.74) is 3.65. The van der Waals surface area contributed by atoms with Gasteiger partial charge in [-0.1, -0.05) is 72.8 Å². The Morgan fingerprint density at radius 3 is 2.38 bits per heavy atom. The first kappa shape index (κ1) is 23.7. The molecular formula is C29H32N2O3. The molecule has 176 valence electrons. The molecule has 1 atom stereocenters. The average molecular weight is 457 g/mol. The van der Waals surface area contributed by atoms with Crippen LogP contribution in [0.15, 0.2) is 90.0 Å². The van der Waals surface area contributed by atoms with Crippen LogP contribution < -0.4 is 4.74 Å². The normalized spacial score (nSPS) is 17.5. The smallest absolute Gasteiger partial charge is 0.243 e. The van der Waals surface area contributed by atoms with Crippen LogP contribution in [0.25, 0.3) is 0 Å². The number of aryl methyl sites for hydroxylation is 1. The van der Waals surface area contributed by atoms with Gasteiger partial charge in [0.2, 0.25) is 5.91 Å². The molecule has 1 heterocycles. The van der Waals surface area contributed by atoms with Gasteiger partial charge in [0.05, 0.1) is 31.6 Å². The Morgan fingerprint density at radius 2 is 1.68 bits per heavy atom. The van der Waals surface area contributed by atoms with Crippen LogP contribution in [0.2, 0.25) is 0 Å². The van der Waals surface area contributed by atoms with Crippen LogP contribution in [-0.4, -0.2) is 35.9 Å². The lowest BCUT2D eigenvalue weighted by Gasteiger charge is -2.32. The Hall–Kier alpha value is -3.44. The topological polar surface area (TPSA) is 51.1 Å². The van der Waals surface area contributed by atoms with E-state index in [9.17, 15) is 4.79 Å². The molecule has 3 aromatic carbocycles. The van der Waals surface area contributed by atoms with Gasteiger partial charge in [0.1, 0.15) is 5.75 Å². The van der Waals surface area contributed by atoms with Crippen LogP contribution in [0, 0.1) is 0 Å². The van der Waals surface area contributed by atoms with E-state index in [0.717, 1.165) is 35.4 Å². The van der Waals surface area contributed by atoms with E-state index in [4.69, 9.17) is 14.6 Å². The van der Waals surface area contributed by atoms with Gasteiger partial charge in [0.25, 0.3) is 0 Å². The molecule has 3 aromatic rings. The van der Waals surface area contributed by atoms with Crippen molar-refractivity contribution in [2.75, 3.05) is 13.7 Å². The van der Waals surface area contributed by atoms with Gasteiger partial charge in [0.15, 0.2) is 0 Å². The number of amides is 1. The lowest BCUT2D eigenvalue weighted by molar-refractivity contribution is -0.138. The number of rotatable bonds is 10. The predicted molar refractivity (Wildman–Crippen MR) is 135 cm³/mol. The summed E-state index contributed by atoms with van der Waals surface area (Å²) in [7, 11) is 1.65. The van der Waals surface area contributed by atoms with Crippen molar-refractivity contribution in [1.82, 2.24) is 5.01 Å². The minimum Gasteiger partial charge on any atom is -0.497 e. The zero-order chi connectivity index (χ0) is 23.8. The second-order valence-corrected chi connectivity index (χ2v) is 8.98. The van der Waals surface area contributed by atoms with Crippen LogP contribution >= 0.6 is 0 Å². The zero-order valence-electron chi connectivity index (χ0n) is 19.9. The highest BCUT2D eigenvalue weighted by Gasteiger charge is 2.42. The number of benzene rings is 3. The first-order chi connectivity index (χ1) is 16.6. The van der Waals surface area contributed by atoms with E-state index >= 15 is 0 Å². The van der Waals surface area contributed by atoms with Crippen LogP contribution in [0.4, 0.5) is 0 Å². The SMILES string of the molecule is COc1cccc(C2=NN(C(=O)CCCc3ccccc3)C(C)(COCc3ccccc3)C2)c1. The summed E-state index contributed by atoms with van der Waals surface area (Å²) < 4.78 is 11.5. The van der Waals surface area contributed by atoms with E-state index in [-0.39, 0.29) is 5.91 Å². The van der Waals surface area contributed by atoms with Gasteiger partial charge in [-0.25, -0.2) is 5.01 Å². The van der Waals surface area contributed by atoms with Crippen molar-refractivity contribution in [1.29, 1.82) is 0 Å². The number of carbonyl (C=O) groups excluding carboxylic acids is 1. The van der Waals surface area contributed by atoms with Gasteiger partial charge in [-0.15, -0.1) is 0 Å². The third kappa shape index (κ3) is 5.91. The molecule has 5 heteroatoms. The van der Waals surface area contributed by atoms with E-state index in [0.29, 0.717) is 26.1 Å². The maximum absolute atomic E-state index is 13.3. The second-order valence-electron chi connectivity index (χ2n) is 8.98. The highest BCUT2D eigenvalue weighted by Crippen LogP contribution is 2.32. The minimum atomic E-state index is -0.545. The summed E-state index contributed by atoms with van der Waals surface area (Å²) in [5, 5.41) is 6.47. The molecule has 0 N–H and O–H groups in total. The molecule has 0 saturated carbocycles. The molecule has 4 rings (SSSR count). The fourth-order valence-corrected chi connectivity index (χ4v) is 4.30. The van der Waals surface area contributed by atoms with Crippen LogP contribution in [-0.2, 0) is 22.6 Å². The Kier molecular flexibility index (Phi) is 7.76. The average Bonchev–Trinajstić information content (AvgIpc) is 3.23. The second kappa shape index (κ2) is 11.1. The van der Waals surface area contributed by atoms with Crippen molar-refractivity contribution in [3.63, 3.8) is 0 Å². The molecule has 1 aliphatic rings. The molecule has 5 nitrogen and oxygen atoms in total. The van der Waals surface area contributed by atoms with Crippen molar-refractivity contribution in [3.8, 4) is 5.75 Å². The number of nitrogens with zero attached hydrogens (tertiary/aromatic N) is 2. The zero-order valence-corrected chi connectivity index (χ0v) is 19.9. The molecule has 1 unspecified atom stereocenters. The summed E-state index contributed by atoms with van der Waals surface area (Å²) in [6, 6.07) is 28.2. The van der Waals surface area contributed by atoms with E-state index in [1.54, 1.807) is 12.1 Å². The van der Waals surface area contributed by atoms with Crippen LogP contribution in [0.3, 0.4) is 0 Å². The Morgan fingerprint density at radius 1 is 0.971 bits per heavy atom. The maximum Gasteiger partial charge on any atom is 0.243 e. The Balaban J connectivity index is 1.47. The molecule has 1 amide bonds. The quantitative estimate of drug-likeness (QED) is 0.397. The molecule has 34 heavy (non-hydrogen) atoms. The molecule has 0 radical (unpaired) electrons. The van der Waals surface area contributed by atoms with Gasteiger partial charge < -0.3 is 9.47 Å². The number of hydrogen-bond acceptors (Lipinski definition) is 4. The van der Waals surface area contributed by atoms with Gasteiger partial charge in [0, 0.05) is 18.4 Å². The Labute approximate surface area is 202 Å². The fraction of sp³-hybridized carbons (Fsp3) is 0.310. The molecule has 0 aromatic heterocycles. The highest BCUT2D eigenvalue weighted by molar-refractivity contribution is 6.03. The number of hydrazone groups is 1. The summed E-state index contributed by atoms with van der Waals surface area (Å²) >= 11 is 0. The largest absolute Gasteiger partial charge is 0.497 e. The van der Waals surface area contributed by atoms with E-state index < -0.39 is 5.54 Å². The molecule has 0 spiro atoms. The molecular weight excluding hydrogens is 424 g/mol. The minimum absolute atomic E-state index is 0.0274. The van der Waals surface area contributed by atoms with Crippen LogP contribution in [0.5, 0.6) is 5.75 Å². The number of methoxy groups -OCH3 is 1. The highest BCUT2D eigenvalue weighted by atomic mass is 16.5. The van der Waals surface area contributed by atoms with Crippen LogP contribution in [0.1, 0.15) is 42.9 Å². The van der Waals surface area contributed by atoms with Crippen molar-refractivity contribution in [2.45, 2.75) is 44.8 Å². The maximum atomic E-state index is 13.3. The summed E-state index contributed by atoms with van der Waals surface area (Å²) in [5.74, 6) is 0.800. The number of hydrogen-bond donors (Lipinski definition) is 0. The number of ether oxygens (including phenoxy) is 2. The van der Waals surface area contributed by atoms with E-state index in [1.807, 2.05) is 72.8 Å². The van der Waals surface area contributed by atoms with Crippen molar-refractivity contribution < 1.29 is 14.3 Å².